The van der Waals surface area contributed by atoms with Crippen LogP contribution in [0.3, 0.4) is 0 Å². The zero-order valence-electron chi connectivity index (χ0n) is 19.0. The van der Waals surface area contributed by atoms with Crippen LogP contribution in [0, 0.1) is 0 Å². The number of nitrogens with zero attached hydrogens (tertiary/aromatic N) is 1. The number of quaternary nitrogens is 1. The van der Waals surface area contributed by atoms with Gasteiger partial charge in [-0.2, -0.15) is 4.39 Å². The second kappa shape index (κ2) is 13.9. The van der Waals surface area contributed by atoms with Crippen LogP contribution in [0.15, 0.2) is 0 Å². The van der Waals surface area contributed by atoms with Crippen LogP contribution in [0.1, 0.15) is 27.7 Å². The summed E-state index contributed by atoms with van der Waals surface area (Å²) in [5.74, 6) is -2.79. The lowest BCUT2D eigenvalue weighted by atomic mass is 9.98. The molecule has 0 aromatic heterocycles. The molecule has 1 fully saturated rings. The highest BCUT2D eigenvalue weighted by Gasteiger charge is 2.52. The number of carbonyl (C=O) groups is 4. The predicted octanol–water partition coefficient (Wildman–Crippen LogP) is -2.91. The van der Waals surface area contributed by atoms with E-state index in [9.17, 15) is 23.6 Å². The summed E-state index contributed by atoms with van der Waals surface area (Å²) in [4.78, 5) is 46.3. The van der Waals surface area contributed by atoms with Gasteiger partial charge in [0.25, 0.3) is 0 Å². The van der Waals surface area contributed by atoms with Crippen LogP contribution >= 0.6 is 0 Å². The fourth-order valence-electron chi connectivity index (χ4n) is 2.80. The third kappa shape index (κ3) is 10.4. The molecule has 1 aliphatic rings. The van der Waals surface area contributed by atoms with Gasteiger partial charge in [0, 0.05) is 27.7 Å². The maximum Gasteiger partial charge on any atom is 0.303 e. The number of esters is 4. The molecule has 0 amide bonds. The van der Waals surface area contributed by atoms with Crippen LogP contribution in [0.2, 0.25) is 0 Å². The Bertz CT molecular complexity index is 662. The van der Waals surface area contributed by atoms with Crippen LogP contribution in [-0.2, 0) is 47.6 Å². The van der Waals surface area contributed by atoms with Crippen molar-refractivity contribution < 1.29 is 80.4 Å². The average molecular weight is 579 g/mol. The van der Waals surface area contributed by atoms with Crippen molar-refractivity contribution in [3.63, 3.8) is 0 Å². The van der Waals surface area contributed by atoms with E-state index >= 15 is 0 Å². The quantitative estimate of drug-likeness (QED) is 0.0876. The van der Waals surface area contributed by atoms with Gasteiger partial charge >= 0.3 is 23.9 Å². The summed E-state index contributed by atoms with van der Waals surface area (Å²) in [6.07, 6.45) is -6.19. The summed E-state index contributed by atoms with van der Waals surface area (Å²) in [5.41, 5.74) is 0. The Morgan fingerprint density at radius 1 is 0.844 bits per heavy atom. The number of carbonyl (C=O) groups excluding carboxylic acids is 4. The van der Waals surface area contributed by atoms with Crippen molar-refractivity contribution in [1.29, 1.82) is 0 Å². The van der Waals surface area contributed by atoms with E-state index in [1.807, 2.05) is 0 Å². The van der Waals surface area contributed by atoms with Crippen molar-refractivity contribution in [2.24, 2.45) is 0 Å². The van der Waals surface area contributed by atoms with Crippen LogP contribution in [0.4, 0.5) is 4.39 Å². The first-order valence-corrected chi connectivity index (χ1v) is 9.66. The van der Waals surface area contributed by atoms with E-state index in [0.29, 0.717) is 0 Å². The largest absolute Gasteiger partial charge is 1.00 e. The molecule has 1 rings (SSSR count). The standard InChI is InChI=1S/C19H31FNO10.HI/c1-11(22)27-9-15-16(28-12(2)23)17(29-13(3)24)18(30-14(4)25)19(31-15)26-8-7-21(5,6)10-20;/h15-19H,7-10H2,1-6H3;1H/q+1;/p-1/t15-,16-,17+,18-,19-;/m1./s1. The minimum absolute atomic E-state index is 0. The van der Waals surface area contributed by atoms with Crippen molar-refractivity contribution in [3.05, 3.63) is 0 Å². The zero-order valence-corrected chi connectivity index (χ0v) is 21.2. The Morgan fingerprint density at radius 3 is 1.81 bits per heavy atom. The summed E-state index contributed by atoms with van der Waals surface area (Å²) in [5, 5.41) is 0. The average Bonchev–Trinajstić information content (AvgIpc) is 2.63. The van der Waals surface area contributed by atoms with E-state index in [1.54, 1.807) is 14.1 Å². The van der Waals surface area contributed by atoms with E-state index in [0.717, 1.165) is 20.8 Å². The normalized spacial score (nSPS) is 25.2. The third-order valence-corrected chi connectivity index (χ3v) is 4.25. The molecular weight excluding hydrogens is 548 g/mol. The fourth-order valence-corrected chi connectivity index (χ4v) is 2.80. The molecule has 32 heavy (non-hydrogen) atoms. The van der Waals surface area contributed by atoms with E-state index < -0.39 is 61.4 Å². The molecule has 1 aliphatic heterocycles. The summed E-state index contributed by atoms with van der Waals surface area (Å²) in [6.45, 7) is 3.85. The number of ether oxygens (including phenoxy) is 6. The Kier molecular flexibility index (Phi) is 13.2. The highest BCUT2D eigenvalue weighted by Crippen LogP contribution is 2.30. The molecule has 0 N–H and O–H groups in total. The highest BCUT2D eigenvalue weighted by atomic mass is 127. The SMILES string of the molecule is CC(=O)OC[C@H]1O[C@@H](OCC[N+](C)(C)CF)[C@H](OC(C)=O)[C@@H](OC(C)=O)[C@@H]1OC(C)=O.[I-]. The molecule has 1 saturated heterocycles. The zero-order chi connectivity index (χ0) is 23.8. The fraction of sp³-hybridized carbons (Fsp3) is 0.789. The number of halogens is 2. The smallest absolute Gasteiger partial charge is 0.303 e. The van der Waals surface area contributed by atoms with E-state index in [4.69, 9.17) is 28.4 Å². The maximum atomic E-state index is 13.1. The maximum absolute atomic E-state index is 13.1. The summed E-state index contributed by atoms with van der Waals surface area (Å²) >= 11 is 0. The Morgan fingerprint density at radius 2 is 1.34 bits per heavy atom. The van der Waals surface area contributed by atoms with Crippen LogP contribution in [-0.4, -0.2) is 99.7 Å². The first kappa shape index (κ1) is 30.4. The second-order valence-corrected chi connectivity index (χ2v) is 7.72. The number of hydrogen-bond donors (Lipinski definition) is 0. The van der Waals surface area contributed by atoms with Gasteiger partial charge in [0.1, 0.15) is 19.3 Å². The molecule has 0 spiro atoms. The topological polar surface area (TPSA) is 124 Å². The first-order valence-electron chi connectivity index (χ1n) is 9.66. The van der Waals surface area contributed by atoms with Crippen molar-refractivity contribution in [1.82, 2.24) is 0 Å². The monoisotopic (exact) mass is 579 g/mol. The molecule has 0 saturated carbocycles. The van der Waals surface area contributed by atoms with Gasteiger partial charge in [-0.1, -0.05) is 0 Å². The van der Waals surface area contributed by atoms with Crippen molar-refractivity contribution in [3.8, 4) is 0 Å². The van der Waals surface area contributed by atoms with Crippen LogP contribution < -0.4 is 24.0 Å². The highest BCUT2D eigenvalue weighted by molar-refractivity contribution is 5.68. The Balaban J connectivity index is 0.00000961. The lowest BCUT2D eigenvalue weighted by Gasteiger charge is -2.44. The van der Waals surface area contributed by atoms with Gasteiger partial charge in [0.2, 0.25) is 6.80 Å². The molecule has 186 valence electrons. The summed E-state index contributed by atoms with van der Waals surface area (Å²) in [7, 11) is 3.30. The Labute approximate surface area is 203 Å². The van der Waals surface area contributed by atoms with Crippen molar-refractivity contribution >= 4 is 23.9 Å². The summed E-state index contributed by atoms with van der Waals surface area (Å²) in [6, 6.07) is 0. The van der Waals surface area contributed by atoms with Crippen molar-refractivity contribution in [2.45, 2.75) is 58.4 Å². The van der Waals surface area contributed by atoms with Gasteiger partial charge in [0.15, 0.2) is 24.6 Å². The molecule has 0 bridgehead atoms. The van der Waals surface area contributed by atoms with Gasteiger partial charge in [-0.3, -0.25) is 19.2 Å². The van der Waals surface area contributed by atoms with E-state index in [-0.39, 0.29) is 48.2 Å². The molecule has 0 aliphatic carbocycles. The van der Waals surface area contributed by atoms with Crippen molar-refractivity contribution in [2.75, 3.05) is 40.7 Å². The number of alkyl halides is 1. The molecule has 13 heteroatoms. The van der Waals surface area contributed by atoms with Crippen LogP contribution in [0.5, 0.6) is 0 Å². The van der Waals surface area contributed by atoms with Crippen LogP contribution in [0.25, 0.3) is 0 Å². The molecule has 0 radical (unpaired) electrons. The van der Waals surface area contributed by atoms with E-state index in [1.165, 1.54) is 6.92 Å². The third-order valence-electron chi connectivity index (χ3n) is 4.25. The molecule has 1 heterocycles. The molecule has 5 atom stereocenters. The number of likely N-dealkylation sites (N-methyl/N-ethyl adjacent to an activating group) is 1. The van der Waals surface area contributed by atoms with E-state index in [2.05, 4.69) is 0 Å². The number of rotatable bonds is 10. The molecule has 11 nitrogen and oxygen atoms in total. The molecule has 0 unspecified atom stereocenters. The molecule has 0 aromatic carbocycles. The minimum Gasteiger partial charge on any atom is -1.00 e. The minimum atomic E-state index is -1.30. The van der Waals surface area contributed by atoms with Gasteiger partial charge < -0.3 is 56.9 Å². The van der Waals surface area contributed by atoms with Gasteiger partial charge in [-0.15, -0.1) is 0 Å². The summed E-state index contributed by atoms with van der Waals surface area (Å²) < 4.78 is 45.3. The number of hydrogen-bond acceptors (Lipinski definition) is 10. The van der Waals surface area contributed by atoms with Gasteiger partial charge in [0.05, 0.1) is 20.7 Å². The molecule has 0 aromatic rings. The predicted molar refractivity (Wildman–Crippen MR) is 101 cm³/mol. The lowest BCUT2D eigenvalue weighted by molar-refractivity contribution is -0.903. The molecular formula is C19H31FINO10. The second-order valence-electron chi connectivity index (χ2n) is 7.72. The first-order chi connectivity index (χ1) is 14.4. The Hall–Kier alpha value is -1.58. The van der Waals surface area contributed by atoms with Gasteiger partial charge in [-0.05, 0) is 0 Å². The van der Waals surface area contributed by atoms with Gasteiger partial charge in [-0.25, -0.2) is 0 Å². The lowest BCUT2D eigenvalue weighted by Crippen LogP contribution is -3.00.